The molecule has 0 atom stereocenters. The molecular formula is H10CuN4O. The van der Waals surface area contributed by atoms with Crippen LogP contribution in [0, 0.1) is 0 Å². The topological polar surface area (TPSA) is 136 Å². The Hall–Kier alpha value is 0.319. The van der Waals surface area contributed by atoms with Gasteiger partial charge in [0, 0.05) is 0 Å². The summed E-state index contributed by atoms with van der Waals surface area (Å²) in [5.74, 6) is 0. The molecule has 0 bridgehead atoms. The molecule has 0 aromatic heterocycles. The van der Waals surface area contributed by atoms with E-state index in [0.29, 0.717) is 0 Å². The Morgan fingerprint density at radius 1 is 0.833 bits per heavy atom. The molecule has 0 radical (unpaired) electrons. The summed E-state index contributed by atoms with van der Waals surface area (Å²) in [5, 5.41) is 0. The molecule has 0 amide bonds. The molecular weight excluding hydrogens is 136 g/mol. The van der Waals surface area contributed by atoms with Gasteiger partial charge in [-0.1, -0.05) is 0 Å². The van der Waals surface area contributed by atoms with E-state index in [2.05, 4.69) is 0 Å². The Labute approximate surface area is 39.0 Å². The van der Waals surface area contributed by atoms with Crippen LogP contribution >= 0.6 is 0 Å². The van der Waals surface area contributed by atoms with Crippen molar-refractivity contribution in [1.29, 1.82) is 0 Å². The fourth-order valence-electron chi connectivity index (χ4n) is 0. The monoisotopic (exact) mass is 145 g/mol. The van der Waals surface area contributed by atoms with Gasteiger partial charge in [0.2, 0.25) is 0 Å². The summed E-state index contributed by atoms with van der Waals surface area (Å²) in [6, 6.07) is 0. The van der Waals surface area contributed by atoms with Gasteiger partial charge >= 0.3 is 32.7 Å². The summed E-state index contributed by atoms with van der Waals surface area (Å²) in [4.78, 5) is 0. The van der Waals surface area contributed by atoms with Crippen LogP contribution < -0.4 is 19.0 Å². The summed E-state index contributed by atoms with van der Waals surface area (Å²) in [6.45, 7) is 0. The van der Waals surface area contributed by atoms with Gasteiger partial charge in [0.15, 0.2) is 0 Å². The standard InChI is InChI=1S/Cu.4H2N.H2O/h;5*1H2/q+4;4*-1;. The van der Waals surface area contributed by atoms with Gasteiger partial charge in [-0.15, -0.1) is 0 Å². The van der Waals surface area contributed by atoms with Crippen molar-refractivity contribution < 1.29 is 19.2 Å². The molecule has 0 spiro atoms. The van der Waals surface area contributed by atoms with Gasteiger partial charge in [0.05, 0.1) is 0 Å². The molecule has 0 heterocycles. The minimum atomic E-state index is -2.12. The van der Waals surface area contributed by atoms with Crippen LogP contribution in [0.1, 0.15) is 0 Å². The molecule has 5 nitrogen and oxygen atoms in total. The van der Waals surface area contributed by atoms with Gasteiger partial charge < -0.3 is 5.48 Å². The van der Waals surface area contributed by atoms with E-state index in [1.54, 1.807) is 0 Å². The normalized spacial score (nSPS) is 12.7. The summed E-state index contributed by atoms with van der Waals surface area (Å²) >= 11 is -2.12. The van der Waals surface area contributed by atoms with Crippen molar-refractivity contribution in [1.82, 2.24) is 0 Å². The molecule has 0 aromatic carbocycles. The van der Waals surface area contributed by atoms with Crippen LogP contribution in [0.5, 0.6) is 0 Å². The van der Waals surface area contributed by atoms with Crippen LogP contribution in [0.2, 0.25) is 0 Å². The molecule has 0 unspecified atom stereocenters. The van der Waals surface area contributed by atoms with Gasteiger partial charge in [-0.05, 0) is 0 Å². The van der Waals surface area contributed by atoms with Crippen molar-refractivity contribution in [2.75, 3.05) is 0 Å². The summed E-state index contributed by atoms with van der Waals surface area (Å²) < 4.78 is 19.1. The Kier molecular flexibility index (Phi) is 3.97. The Morgan fingerprint density at radius 2 is 0.833 bits per heavy atom. The molecule has 0 aliphatic heterocycles. The van der Waals surface area contributed by atoms with E-state index < -0.39 is 13.7 Å². The number of nitrogens with two attached hydrogens (primary N) is 4. The van der Waals surface area contributed by atoms with Crippen molar-refractivity contribution in [2.45, 2.75) is 0 Å². The predicted molar refractivity (Wildman–Crippen MR) is 20.4 cm³/mol. The molecule has 0 saturated carbocycles. The zero-order valence-corrected chi connectivity index (χ0v) is 4.05. The van der Waals surface area contributed by atoms with Crippen molar-refractivity contribution in [2.24, 2.45) is 19.0 Å². The zero-order valence-electron chi connectivity index (χ0n) is 3.11. The van der Waals surface area contributed by atoms with Crippen molar-refractivity contribution >= 4 is 0 Å². The third kappa shape index (κ3) is 466. The molecule has 0 aliphatic carbocycles. The molecule has 0 aliphatic rings. The molecule has 0 aromatic rings. The molecule has 47 valence electrons. The maximum atomic E-state index is 4.77. The van der Waals surface area contributed by atoms with Crippen LogP contribution in [0.3, 0.4) is 0 Å². The molecule has 0 fully saturated rings. The second-order valence-electron chi connectivity index (χ2n) is 0.603. The van der Waals surface area contributed by atoms with Crippen LogP contribution in [-0.4, -0.2) is 5.48 Å². The van der Waals surface area contributed by atoms with Gasteiger partial charge in [0.1, 0.15) is 0 Å². The Morgan fingerprint density at radius 3 is 0.833 bits per heavy atom. The molecule has 6 heteroatoms. The fraction of sp³-hybridized carbons (Fsp3) is 0. The van der Waals surface area contributed by atoms with E-state index in [4.69, 9.17) is 19.0 Å². The first-order valence-corrected chi connectivity index (χ1v) is 2.87. The van der Waals surface area contributed by atoms with E-state index >= 15 is 0 Å². The van der Waals surface area contributed by atoms with Crippen LogP contribution in [0.25, 0.3) is 0 Å². The Bertz CT molecular complexity index is 23.0. The van der Waals surface area contributed by atoms with Crippen molar-refractivity contribution in [3.8, 4) is 0 Å². The quantitative estimate of drug-likeness (QED) is 0.267. The van der Waals surface area contributed by atoms with Crippen LogP contribution in [-0.2, 0) is 13.7 Å². The van der Waals surface area contributed by atoms with Gasteiger partial charge in [-0.2, -0.15) is 0 Å². The molecule has 0 saturated heterocycles. The average Bonchev–Trinajstić information content (AvgIpc) is 0.722. The SMILES string of the molecule is O.[NH2][Cu]([NH2])([NH2])[NH2]. The van der Waals surface area contributed by atoms with Crippen molar-refractivity contribution in [3.05, 3.63) is 0 Å². The third-order valence-corrected chi connectivity index (χ3v) is 0. The van der Waals surface area contributed by atoms with Crippen LogP contribution in [0.15, 0.2) is 0 Å². The maximum absolute atomic E-state index is 4.77. The van der Waals surface area contributed by atoms with E-state index in [1.807, 2.05) is 0 Å². The Balaban J connectivity index is 0. The number of hydrogen-bond acceptors (Lipinski definition) is 4. The molecule has 6 heavy (non-hydrogen) atoms. The fourth-order valence-corrected chi connectivity index (χ4v) is 0. The first-order chi connectivity index (χ1) is 2.00. The zero-order chi connectivity index (χ0) is 4.50. The first-order valence-electron chi connectivity index (χ1n) is 0.696. The summed E-state index contributed by atoms with van der Waals surface area (Å²) in [5.41, 5.74) is 0. The van der Waals surface area contributed by atoms with Gasteiger partial charge in [-0.3, -0.25) is 0 Å². The van der Waals surface area contributed by atoms with E-state index in [9.17, 15) is 0 Å². The first kappa shape index (κ1) is 9.58. The average molecular weight is 146 g/mol. The van der Waals surface area contributed by atoms with Gasteiger partial charge in [-0.25, -0.2) is 0 Å². The van der Waals surface area contributed by atoms with E-state index in [0.717, 1.165) is 0 Å². The number of hydrogen-bond donors (Lipinski definition) is 4. The van der Waals surface area contributed by atoms with Crippen molar-refractivity contribution in [3.63, 3.8) is 0 Å². The summed E-state index contributed by atoms with van der Waals surface area (Å²) in [7, 11) is 0. The predicted octanol–water partition coefficient (Wildman–Crippen LogP) is -3.19. The van der Waals surface area contributed by atoms with Crippen LogP contribution in [0.4, 0.5) is 0 Å². The molecule has 10 N–H and O–H groups in total. The molecule has 0 rings (SSSR count). The second kappa shape index (κ2) is 2.49. The number of rotatable bonds is 0. The summed E-state index contributed by atoms with van der Waals surface area (Å²) in [6.07, 6.45) is 0. The minimum absolute atomic E-state index is 0. The van der Waals surface area contributed by atoms with E-state index in [1.165, 1.54) is 0 Å². The second-order valence-corrected chi connectivity index (χ2v) is 2.49. The van der Waals surface area contributed by atoms with Gasteiger partial charge in [0.25, 0.3) is 0 Å². The third-order valence-electron chi connectivity index (χ3n) is 0. The van der Waals surface area contributed by atoms with E-state index in [-0.39, 0.29) is 5.48 Å².